The molecule has 29 heavy (non-hydrogen) atoms. The zero-order chi connectivity index (χ0) is 21.1. The third-order valence-corrected chi connectivity index (χ3v) is 5.24. The first-order valence-corrected chi connectivity index (χ1v) is 9.54. The molecule has 3 rings (SSSR count). The van der Waals surface area contributed by atoms with E-state index in [1.807, 2.05) is 6.92 Å². The van der Waals surface area contributed by atoms with Gasteiger partial charge in [-0.1, -0.05) is 17.7 Å². The highest BCUT2D eigenvalue weighted by molar-refractivity contribution is 6.29. The number of halogens is 2. The van der Waals surface area contributed by atoms with Gasteiger partial charge in [-0.05, 0) is 36.8 Å². The van der Waals surface area contributed by atoms with Crippen molar-refractivity contribution >= 4 is 29.3 Å². The fourth-order valence-electron chi connectivity index (χ4n) is 3.45. The minimum absolute atomic E-state index is 0.123. The maximum absolute atomic E-state index is 14.7. The second-order valence-corrected chi connectivity index (χ2v) is 7.47. The quantitative estimate of drug-likeness (QED) is 0.768. The predicted octanol–water partition coefficient (Wildman–Crippen LogP) is 3.33. The summed E-state index contributed by atoms with van der Waals surface area (Å²) in [4.78, 5) is 32.3. The Bertz CT molecular complexity index is 909. The van der Waals surface area contributed by atoms with E-state index in [0.29, 0.717) is 31.7 Å². The third kappa shape index (κ3) is 4.83. The molecule has 0 saturated carbocycles. The van der Waals surface area contributed by atoms with Gasteiger partial charge >= 0.3 is 6.09 Å². The number of aromatic nitrogens is 1. The van der Waals surface area contributed by atoms with Crippen molar-refractivity contribution in [2.75, 3.05) is 31.6 Å². The van der Waals surface area contributed by atoms with Crippen LogP contribution >= 0.6 is 11.6 Å². The van der Waals surface area contributed by atoms with E-state index in [-0.39, 0.29) is 22.8 Å². The lowest BCUT2D eigenvalue weighted by atomic mass is 10.1. The first kappa shape index (κ1) is 21.0. The number of hydrogen-bond donors (Lipinski definition) is 1. The van der Waals surface area contributed by atoms with Gasteiger partial charge in [0.05, 0.1) is 11.3 Å². The van der Waals surface area contributed by atoms with Crippen LogP contribution in [0, 0.1) is 5.82 Å². The highest BCUT2D eigenvalue weighted by atomic mass is 35.5. The molecule has 2 amide bonds. The molecule has 0 aliphatic carbocycles. The van der Waals surface area contributed by atoms with Crippen molar-refractivity contribution in [1.82, 2.24) is 14.8 Å². The van der Waals surface area contributed by atoms with Gasteiger partial charge in [0.25, 0.3) is 5.91 Å². The molecule has 9 heteroatoms. The van der Waals surface area contributed by atoms with Gasteiger partial charge < -0.3 is 14.9 Å². The molecule has 1 N–H and O–H groups in total. The van der Waals surface area contributed by atoms with Crippen LogP contribution in [0.4, 0.5) is 14.9 Å². The fourth-order valence-corrected chi connectivity index (χ4v) is 3.56. The van der Waals surface area contributed by atoms with Gasteiger partial charge in [-0.25, -0.2) is 14.2 Å². The number of pyridine rings is 1. The van der Waals surface area contributed by atoms with E-state index in [4.69, 9.17) is 16.7 Å². The highest BCUT2D eigenvalue weighted by Gasteiger charge is 2.27. The monoisotopic (exact) mass is 420 g/mol. The van der Waals surface area contributed by atoms with Gasteiger partial charge in [-0.2, -0.15) is 0 Å². The average molecular weight is 421 g/mol. The topological polar surface area (TPSA) is 77.0 Å². The summed E-state index contributed by atoms with van der Waals surface area (Å²) >= 11 is 5.74. The van der Waals surface area contributed by atoms with E-state index in [9.17, 15) is 14.0 Å². The Morgan fingerprint density at radius 2 is 2.07 bits per heavy atom. The Kier molecular flexibility index (Phi) is 6.34. The first-order chi connectivity index (χ1) is 13.8. The molecule has 1 saturated heterocycles. The molecule has 1 atom stereocenters. The Labute approximate surface area is 173 Å². The summed E-state index contributed by atoms with van der Waals surface area (Å²) in [5.74, 6) is -0.892. The molecule has 1 fully saturated rings. The Morgan fingerprint density at radius 3 is 2.66 bits per heavy atom. The Hall–Kier alpha value is -2.71. The predicted molar refractivity (Wildman–Crippen MR) is 108 cm³/mol. The summed E-state index contributed by atoms with van der Waals surface area (Å²) in [7, 11) is 1.50. The van der Waals surface area contributed by atoms with Gasteiger partial charge in [0.2, 0.25) is 0 Å². The number of carboxylic acid groups (broad SMARTS) is 1. The molecule has 0 spiro atoms. The fraction of sp³-hybridized carbons (Fsp3) is 0.350. The number of carbonyl (C=O) groups is 2. The third-order valence-electron chi connectivity index (χ3n) is 5.02. The summed E-state index contributed by atoms with van der Waals surface area (Å²) in [5, 5.41) is 9.44. The molecule has 2 heterocycles. The lowest BCUT2D eigenvalue weighted by Crippen LogP contribution is -2.53. The van der Waals surface area contributed by atoms with Crippen LogP contribution in [0.25, 0.3) is 0 Å². The average Bonchev–Trinajstić information content (AvgIpc) is 2.67. The van der Waals surface area contributed by atoms with Gasteiger partial charge in [0, 0.05) is 45.5 Å². The lowest BCUT2D eigenvalue weighted by molar-refractivity contribution is 0.0711. The molecule has 2 aromatic rings. The van der Waals surface area contributed by atoms with E-state index in [0.717, 1.165) is 5.56 Å². The SMILES string of the molecule is C[C@H]1CN(Cc2ccc(N(C)C(=O)c3ccc(Cl)nc3)c(F)c2)CCN1C(=O)O. The standard InChI is InChI=1S/C20H22ClFN4O3/c1-13-11-25(7-8-26(13)20(28)29)12-14-3-5-17(16(22)9-14)24(2)19(27)15-4-6-18(21)23-10-15/h3-6,9-10,13H,7-8,11-12H2,1-2H3,(H,28,29)/t13-/m0/s1. The van der Waals surface area contributed by atoms with Crippen LogP contribution in [0.1, 0.15) is 22.8 Å². The number of rotatable bonds is 4. The van der Waals surface area contributed by atoms with E-state index >= 15 is 0 Å². The second kappa shape index (κ2) is 8.75. The molecule has 1 aromatic heterocycles. The second-order valence-electron chi connectivity index (χ2n) is 7.08. The van der Waals surface area contributed by atoms with E-state index in [1.165, 1.54) is 35.2 Å². The van der Waals surface area contributed by atoms with Gasteiger partial charge in [0.15, 0.2) is 0 Å². The number of hydrogen-bond acceptors (Lipinski definition) is 4. The summed E-state index contributed by atoms with van der Waals surface area (Å²) in [5.41, 5.74) is 1.24. The molecule has 0 unspecified atom stereocenters. The van der Waals surface area contributed by atoms with Crippen molar-refractivity contribution in [1.29, 1.82) is 0 Å². The van der Waals surface area contributed by atoms with Crippen LogP contribution in [0.3, 0.4) is 0 Å². The van der Waals surface area contributed by atoms with Gasteiger partial charge in [0.1, 0.15) is 11.0 Å². The van der Waals surface area contributed by atoms with Gasteiger partial charge in [-0.3, -0.25) is 9.69 Å². The molecule has 154 valence electrons. The summed E-state index contributed by atoms with van der Waals surface area (Å²) in [6.45, 7) is 3.95. The summed E-state index contributed by atoms with van der Waals surface area (Å²) in [6, 6.07) is 7.68. The number of benzene rings is 1. The van der Waals surface area contributed by atoms with Crippen LogP contribution in [0.5, 0.6) is 0 Å². The first-order valence-electron chi connectivity index (χ1n) is 9.16. The smallest absolute Gasteiger partial charge is 0.407 e. The number of carbonyl (C=O) groups excluding carboxylic acids is 1. The molecule has 0 bridgehead atoms. The van der Waals surface area contributed by atoms with Crippen LogP contribution in [-0.4, -0.2) is 64.6 Å². The number of amides is 2. The zero-order valence-electron chi connectivity index (χ0n) is 16.2. The molecular formula is C20H22ClFN4O3. The van der Waals surface area contributed by atoms with Gasteiger partial charge in [-0.15, -0.1) is 0 Å². The van der Waals surface area contributed by atoms with Crippen molar-refractivity contribution in [3.8, 4) is 0 Å². The minimum atomic E-state index is -0.920. The van der Waals surface area contributed by atoms with Crippen molar-refractivity contribution < 1.29 is 19.1 Å². The van der Waals surface area contributed by atoms with Crippen LogP contribution in [0.15, 0.2) is 36.5 Å². The molecule has 1 aliphatic rings. The van der Waals surface area contributed by atoms with E-state index in [1.54, 1.807) is 18.2 Å². The van der Waals surface area contributed by atoms with Crippen molar-refractivity contribution in [3.63, 3.8) is 0 Å². The van der Waals surface area contributed by atoms with Crippen molar-refractivity contribution in [2.45, 2.75) is 19.5 Å². The summed E-state index contributed by atoms with van der Waals surface area (Å²) in [6.07, 6.45) is 0.432. The van der Waals surface area contributed by atoms with Crippen molar-refractivity contribution in [3.05, 3.63) is 58.6 Å². The Morgan fingerprint density at radius 1 is 1.31 bits per heavy atom. The molecule has 1 aromatic carbocycles. The van der Waals surface area contributed by atoms with Crippen LogP contribution in [-0.2, 0) is 6.54 Å². The highest BCUT2D eigenvalue weighted by Crippen LogP contribution is 2.23. The zero-order valence-corrected chi connectivity index (χ0v) is 16.9. The van der Waals surface area contributed by atoms with E-state index < -0.39 is 11.9 Å². The van der Waals surface area contributed by atoms with E-state index in [2.05, 4.69) is 9.88 Å². The minimum Gasteiger partial charge on any atom is -0.465 e. The van der Waals surface area contributed by atoms with Crippen LogP contribution < -0.4 is 4.90 Å². The molecular weight excluding hydrogens is 399 g/mol. The molecule has 1 aliphatic heterocycles. The van der Waals surface area contributed by atoms with Crippen molar-refractivity contribution in [2.24, 2.45) is 0 Å². The number of piperazine rings is 1. The maximum Gasteiger partial charge on any atom is 0.407 e. The number of nitrogens with zero attached hydrogens (tertiary/aromatic N) is 4. The normalized spacial score (nSPS) is 17.2. The summed E-state index contributed by atoms with van der Waals surface area (Å²) < 4.78 is 14.7. The maximum atomic E-state index is 14.7. The molecule has 7 nitrogen and oxygen atoms in total. The Balaban J connectivity index is 1.68. The molecule has 0 radical (unpaired) electrons. The van der Waals surface area contributed by atoms with Crippen LogP contribution in [0.2, 0.25) is 5.15 Å². The lowest BCUT2D eigenvalue weighted by Gasteiger charge is -2.38. The number of anilines is 1. The largest absolute Gasteiger partial charge is 0.465 e.